The zero-order chi connectivity index (χ0) is 69.0. The van der Waals surface area contributed by atoms with Crippen molar-refractivity contribution in [1.82, 2.24) is 0 Å². The van der Waals surface area contributed by atoms with E-state index in [0.717, 1.165) is 106 Å². The van der Waals surface area contributed by atoms with Crippen LogP contribution < -0.4 is 26.2 Å². The summed E-state index contributed by atoms with van der Waals surface area (Å²) in [4.78, 5) is 4.47. The van der Waals surface area contributed by atoms with E-state index in [-0.39, 0.29) is 47.1 Å². The average Bonchev–Trinajstić information content (AvgIpc) is 0.673. The quantitative estimate of drug-likeness (QED) is 0.126. The first kappa shape index (κ1) is 52.2. The van der Waals surface area contributed by atoms with Crippen LogP contribution in [0.15, 0.2) is 303 Å². The Morgan fingerprint density at radius 1 is 0.258 bits per heavy atom. The first-order valence-electron chi connectivity index (χ1n) is 35.5. The molecule has 13 aromatic rings. The fourth-order valence-corrected chi connectivity index (χ4v) is 13.6. The number of benzene rings is 13. The Kier molecular flexibility index (Phi) is 13.1. The lowest BCUT2D eigenvalue weighted by Gasteiger charge is -2.47. The molecule has 13 aromatic carbocycles. The molecule has 0 radical (unpaired) electrons. The summed E-state index contributed by atoms with van der Waals surface area (Å²) in [6, 6.07) is 92.0. The molecule has 93 heavy (non-hydrogen) atoms. The Labute approximate surface area is 559 Å². The third kappa shape index (κ3) is 10.9. The van der Waals surface area contributed by atoms with Gasteiger partial charge in [-0.05, 0) is 165 Å². The predicted molar refractivity (Wildman–Crippen MR) is 400 cm³/mol. The molecule has 2 nitrogen and oxygen atoms in total. The molecule has 2 heterocycles. The van der Waals surface area contributed by atoms with E-state index in [1.165, 1.54) is 0 Å². The number of hydrogen-bond donors (Lipinski definition) is 0. The SMILES string of the molecule is [2H]c1c([2H])c2c(c([2H])c1-c1ccccc1)B1c3c(cc(C(C)(C)C)cc3N(c3c(-c4ccc(-c5ccccc5)cc4)cc(C(C)(C)C)cc3-c3ccc(-c4ccccc4)cc3)c3c([2H])c([2H])c(-c4ccccc4)c([2H])c31)N2c1c(-c2ccccc2)cc(C(C)(C)C)cc1-c1ccccc1. The number of nitrogens with zero attached hydrogens (tertiary/aromatic N) is 2. The molecule has 3 heteroatoms. The molecule has 0 aliphatic carbocycles. The van der Waals surface area contributed by atoms with Crippen molar-refractivity contribution >= 4 is 57.2 Å². The Morgan fingerprint density at radius 3 is 0.785 bits per heavy atom. The summed E-state index contributed by atoms with van der Waals surface area (Å²) in [5, 5.41) is 0. The van der Waals surface area contributed by atoms with Crippen molar-refractivity contribution in [3.63, 3.8) is 0 Å². The summed E-state index contributed by atoms with van der Waals surface area (Å²) >= 11 is 0. The van der Waals surface area contributed by atoms with Crippen LogP contribution in [0.1, 0.15) is 87.2 Å². The highest BCUT2D eigenvalue weighted by Gasteiger charge is 2.46. The van der Waals surface area contributed by atoms with Crippen molar-refractivity contribution in [2.24, 2.45) is 0 Å². The van der Waals surface area contributed by atoms with Crippen molar-refractivity contribution in [1.29, 1.82) is 0 Å². The molecule has 2 aliphatic heterocycles. The van der Waals surface area contributed by atoms with Gasteiger partial charge in [-0.25, -0.2) is 0 Å². The van der Waals surface area contributed by atoms with Crippen LogP contribution >= 0.6 is 0 Å². The molecule has 0 amide bonds. The van der Waals surface area contributed by atoms with E-state index in [9.17, 15) is 8.22 Å². The number of rotatable bonds is 10. The molecule has 2 aliphatic rings. The van der Waals surface area contributed by atoms with Gasteiger partial charge in [-0.2, -0.15) is 0 Å². The highest BCUT2D eigenvalue weighted by atomic mass is 15.2. The molecule has 0 saturated heterocycles. The molecular formula is C90H77BN2. The van der Waals surface area contributed by atoms with Gasteiger partial charge in [0.2, 0.25) is 0 Å². The minimum Gasteiger partial charge on any atom is -0.310 e. The summed E-state index contributed by atoms with van der Waals surface area (Å²) in [7, 11) is 0. The zero-order valence-electron chi connectivity index (χ0n) is 60.4. The molecule has 0 fully saturated rings. The maximum absolute atomic E-state index is 11.3. The maximum Gasteiger partial charge on any atom is 0.252 e. The highest BCUT2D eigenvalue weighted by Crippen LogP contribution is 2.55. The van der Waals surface area contributed by atoms with Crippen LogP contribution in [0, 0.1) is 0 Å². The molecule has 0 N–H and O–H groups in total. The van der Waals surface area contributed by atoms with Gasteiger partial charge in [0.25, 0.3) is 6.71 Å². The lowest BCUT2D eigenvalue weighted by atomic mass is 9.33. The third-order valence-corrected chi connectivity index (χ3v) is 18.7. The van der Waals surface area contributed by atoms with Gasteiger partial charge in [0.1, 0.15) is 0 Å². The van der Waals surface area contributed by atoms with Crippen molar-refractivity contribution in [3.8, 4) is 89.0 Å². The second-order valence-electron chi connectivity index (χ2n) is 28.0. The molecule has 0 aromatic heterocycles. The number of hydrogen-bond acceptors (Lipinski definition) is 2. The van der Waals surface area contributed by atoms with E-state index in [1.54, 1.807) is 0 Å². The van der Waals surface area contributed by atoms with Crippen LogP contribution in [0.4, 0.5) is 34.1 Å². The van der Waals surface area contributed by atoms with Crippen LogP contribution in [-0.4, -0.2) is 6.71 Å². The maximum atomic E-state index is 11.3. The van der Waals surface area contributed by atoms with E-state index in [0.29, 0.717) is 50.2 Å². The van der Waals surface area contributed by atoms with Gasteiger partial charge in [0.05, 0.1) is 19.6 Å². The van der Waals surface area contributed by atoms with Crippen molar-refractivity contribution < 1.29 is 8.22 Å². The first-order chi connectivity index (χ1) is 47.6. The van der Waals surface area contributed by atoms with Crippen LogP contribution in [-0.2, 0) is 16.2 Å². The summed E-state index contributed by atoms with van der Waals surface area (Å²) in [6.45, 7) is 19.1. The average molecular weight is 1200 g/mol. The Hall–Kier alpha value is -10.5. The van der Waals surface area contributed by atoms with Crippen LogP contribution in [0.25, 0.3) is 89.0 Å². The first-order valence-corrected chi connectivity index (χ1v) is 32.5. The minimum absolute atomic E-state index is 0.0450. The largest absolute Gasteiger partial charge is 0.310 e. The van der Waals surface area contributed by atoms with Gasteiger partial charge in [-0.15, -0.1) is 0 Å². The Balaban J connectivity index is 1.18. The Morgan fingerprint density at radius 2 is 0.495 bits per heavy atom. The van der Waals surface area contributed by atoms with Crippen molar-refractivity contribution in [2.45, 2.75) is 78.6 Å². The van der Waals surface area contributed by atoms with Crippen molar-refractivity contribution in [3.05, 3.63) is 320 Å². The highest BCUT2D eigenvalue weighted by molar-refractivity contribution is 7.00. The zero-order valence-corrected chi connectivity index (χ0v) is 54.4. The molecule has 450 valence electrons. The molecule has 0 unspecified atom stereocenters. The summed E-state index contributed by atoms with van der Waals surface area (Å²) in [5.41, 5.74) is 20.7. The topological polar surface area (TPSA) is 6.48 Å². The number of anilines is 6. The summed E-state index contributed by atoms with van der Waals surface area (Å²) in [6.07, 6.45) is 0. The molecule has 0 atom stereocenters. The van der Waals surface area contributed by atoms with Gasteiger partial charge in [0.15, 0.2) is 0 Å². The minimum atomic E-state index is -1.01. The predicted octanol–water partition coefficient (Wildman–Crippen LogP) is 23.0. The smallest absolute Gasteiger partial charge is 0.252 e. The van der Waals surface area contributed by atoms with Gasteiger partial charge in [-0.1, -0.05) is 317 Å². The van der Waals surface area contributed by atoms with Crippen LogP contribution in [0.5, 0.6) is 0 Å². The fourth-order valence-electron chi connectivity index (χ4n) is 13.6. The molecule has 0 bridgehead atoms. The normalized spacial score (nSPS) is 13.6. The fraction of sp³-hybridized carbons (Fsp3) is 0.133. The van der Waals surface area contributed by atoms with E-state index in [1.807, 2.05) is 84.9 Å². The molecule has 0 spiro atoms. The summed E-state index contributed by atoms with van der Waals surface area (Å²) < 4.78 is 65.4. The van der Waals surface area contributed by atoms with Gasteiger partial charge < -0.3 is 9.80 Å². The van der Waals surface area contributed by atoms with E-state index >= 15 is 0 Å². The van der Waals surface area contributed by atoms with Gasteiger partial charge in [0, 0.05) is 45.0 Å². The third-order valence-electron chi connectivity index (χ3n) is 18.7. The van der Waals surface area contributed by atoms with Crippen LogP contribution in [0.2, 0.25) is 0 Å². The van der Waals surface area contributed by atoms with Crippen LogP contribution in [0.3, 0.4) is 0 Å². The van der Waals surface area contributed by atoms with E-state index < -0.39 is 12.1 Å². The van der Waals surface area contributed by atoms with E-state index in [2.05, 4.69) is 254 Å². The molecule has 15 rings (SSSR count). The molecular weight excluding hydrogens is 1120 g/mol. The van der Waals surface area contributed by atoms with Crippen molar-refractivity contribution in [2.75, 3.05) is 9.80 Å². The second kappa shape index (κ2) is 23.3. The monoisotopic (exact) mass is 1200 g/mol. The lowest BCUT2D eigenvalue weighted by Crippen LogP contribution is -2.61. The van der Waals surface area contributed by atoms with E-state index in [4.69, 9.17) is 0 Å². The van der Waals surface area contributed by atoms with Gasteiger partial charge >= 0.3 is 0 Å². The second-order valence-corrected chi connectivity index (χ2v) is 28.0. The number of fused-ring (bicyclic) bond motifs is 4. The standard InChI is InChI=1S/C90H77BN2/c1-88(2,3)72-54-75(66-36-24-14-25-37-66)86(76(55-72)67-38-26-15-27-39-67)92-81-50-48-70(62-32-20-12-21-33-62)52-79(81)91-80-53-71(63-34-22-13-23-35-63)49-51-82(80)93(84-59-74(90(7,8)9)58-83(92)85(84)91)87-77(68-44-40-64(41-45-68)60-28-16-10-17-29-60)56-73(89(4,5)6)57-78(87)69-46-42-65(43-47-69)61-30-18-11-19-31-61/h10-59H,1-9H3/i48D,49D,50D,51D,52D,53D. The summed E-state index contributed by atoms with van der Waals surface area (Å²) in [5.74, 6) is 0. The lowest BCUT2D eigenvalue weighted by molar-refractivity contribution is 0.590. The molecule has 0 saturated carbocycles. The Bertz CT molecular complexity index is 5110. The van der Waals surface area contributed by atoms with Gasteiger partial charge in [-0.3, -0.25) is 0 Å².